The van der Waals surface area contributed by atoms with Crippen molar-refractivity contribution in [3.05, 3.63) is 60.2 Å². The van der Waals surface area contributed by atoms with Gasteiger partial charge in [0.2, 0.25) is 15.9 Å². The molecule has 5 nitrogen and oxygen atoms in total. The second kappa shape index (κ2) is 8.28. The fourth-order valence-corrected chi connectivity index (χ4v) is 5.09. The molecule has 2 fully saturated rings. The quantitative estimate of drug-likeness (QED) is 0.759. The summed E-state index contributed by atoms with van der Waals surface area (Å²) in [7, 11) is -3.33. The van der Waals surface area contributed by atoms with Crippen LogP contribution in [0.5, 0.6) is 0 Å². The molecule has 1 N–H and O–H groups in total. The Bertz CT molecular complexity index is 971. The number of rotatable bonds is 7. The van der Waals surface area contributed by atoms with Gasteiger partial charge in [-0.2, -0.15) is 0 Å². The lowest BCUT2D eigenvalue weighted by Gasteiger charge is -2.29. The summed E-state index contributed by atoms with van der Waals surface area (Å²) in [4.78, 5) is 14.8. The Balaban J connectivity index is 1.57. The van der Waals surface area contributed by atoms with Crippen LogP contribution in [0.3, 0.4) is 0 Å². The number of nitrogens with zero attached hydrogens (tertiary/aromatic N) is 1. The molecule has 1 saturated heterocycles. The van der Waals surface area contributed by atoms with Gasteiger partial charge < -0.3 is 4.90 Å². The van der Waals surface area contributed by atoms with E-state index in [1.807, 2.05) is 29.2 Å². The predicted octanol–water partition coefficient (Wildman–Crippen LogP) is 3.21. The molecule has 2 atom stereocenters. The maximum absolute atomic E-state index is 12.8. The number of carbonyl (C=O) groups is 1. The average Bonchev–Trinajstić information content (AvgIpc) is 3.42. The monoisotopic (exact) mass is 412 g/mol. The van der Waals surface area contributed by atoms with Crippen molar-refractivity contribution in [1.29, 1.82) is 0 Å². The van der Waals surface area contributed by atoms with E-state index in [-0.39, 0.29) is 18.0 Å². The number of hydrogen-bond donors (Lipinski definition) is 1. The largest absolute Gasteiger partial charge is 0.338 e. The van der Waals surface area contributed by atoms with E-state index in [9.17, 15) is 13.2 Å². The second-order valence-corrected chi connectivity index (χ2v) is 10.1. The molecule has 6 heteroatoms. The molecule has 0 spiro atoms. The summed E-state index contributed by atoms with van der Waals surface area (Å²) in [5.41, 5.74) is 3.39. The van der Waals surface area contributed by atoms with Crippen LogP contribution >= 0.6 is 0 Å². The summed E-state index contributed by atoms with van der Waals surface area (Å²) in [6, 6.07) is 18.1. The fraction of sp³-hybridized carbons (Fsp3) is 0.435. The van der Waals surface area contributed by atoms with Gasteiger partial charge in [0.25, 0.3) is 0 Å². The van der Waals surface area contributed by atoms with Gasteiger partial charge in [0, 0.05) is 19.0 Å². The van der Waals surface area contributed by atoms with Crippen molar-refractivity contribution in [2.24, 2.45) is 5.92 Å². The van der Waals surface area contributed by atoms with Crippen LogP contribution in [0.4, 0.5) is 0 Å². The van der Waals surface area contributed by atoms with Gasteiger partial charge in [-0.25, -0.2) is 13.1 Å². The molecular formula is C23H28N2O3S. The molecular weight excluding hydrogens is 384 g/mol. The Morgan fingerprint density at radius 1 is 1.03 bits per heavy atom. The standard InChI is InChI=1S/C23H28N2O3S/c1-29(27,28)24-21-12-13-25(23(26)16-17-10-11-17)22(21)15-18-6-5-9-20(14-18)19-7-3-2-4-8-19/h2-9,14,17,21-22,24H,10-13,15-16H2,1H3/t21-,22-/m1/s1. The van der Waals surface area contributed by atoms with Gasteiger partial charge >= 0.3 is 0 Å². The number of sulfonamides is 1. The molecule has 1 aliphatic carbocycles. The zero-order valence-corrected chi connectivity index (χ0v) is 17.6. The van der Waals surface area contributed by atoms with Crippen LogP contribution in [0.1, 0.15) is 31.2 Å². The van der Waals surface area contributed by atoms with Crippen molar-refractivity contribution in [3.8, 4) is 11.1 Å². The smallest absolute Gasteiger partial charge is 0.223 e. The molecule has 1 amide bonds. The minimum absolute atomic E-state index is 0.151. The van der Waals surface area contributed by atoms with Crippen molar-refractivity contribution in [2.45, 2.75) is 44.2 Å². The molecule has 0 unspecified atom stereocenters. The van der Waals surface area contributed by atoms with E-state index < -0.39 is 10.0 Å². The molecule has 0 radical (unpaired) electrons. The second-order valence-electron chi connectivity index (χ2n) is 8.36. The first-order valence-electron chi connectivity index (χ1n) is 10.3. The lowest BCUT2D eigenvalue weighted by Crippen LogP contribution is -2.47. The molecule has 2 aromatic carbocycles. The van der Waals surface area contributed by atoms with Gasteiger partial charge in [0.15, 0.2) is 0 Å². The summed E-state index contributed by atoms with van der Waals surface area (Å²) in [5.74, 6) is 0.681. The molecule has 154 valence electrons. The van der Waals surface area contributed by atoms with Crippen LogP contribution in [0.25, 0.3) is 11.1 Å². The number of hydrogen-bond acceptors (Lipinski definition) is 3. The average molecular weight is 413 g/mol. The Morgan fingerprint density at radius 2 is 1.76 bits per heavy atom. The van der Waals surface area contributed by atoms with E-state index in [1.165, 1.54) is 6.26 Å². The van der Waals surface area contributed by atoms with Gasteiger partial charge in [-0.1, -0.05) is 54.6 Å². The van der Waals surface area contributed by atoms with E-state index >= 15 is 0 Å². The highest BCUT2D eigenvalue weighted by Gasteiger charge is 2.39. The maximum atomic E-state index is 12.8. The van der Waals surface area contributed by atoms with Gasteiger partial charge in [0.05, 0.1) is 12.3 Å². The highest BCUT2D eigenvalue weighted by Crippen LogP contribution is 2.34. The summed E-state index contributed by atoms with van der Waals surface area (Å²) in [6.45, 7) is 0.613. The van der Waals surface area contributed by atoms with Crippen LogP contribution in [-0.4, -0.2) is 44.1 Å². The van der Waals surface area contributed by atoms with Crippen molar-refractivity contribution >= 4 is 15.9 Å². The minimum Gasteiger partial charge on any atom is -0.338 e. The van der Waals surface area contributed by atoms with E-state index in [0.29, 0.717) is 31.7 Å². The minimum atomic E-state index is -3.33. The van der Waals surface area contributed by atoms with Crippen molar-refractivity contribution in [2.75, 3.05) is 12.8 Å². The van der Waals surface area contributed by atoms with E-state index in [4.69, 9.17) is 0 Å². The van der Waals surface area contributed by atoms with Crippen LogP contribution in [-0.2, 0) is 21.2 Å². The van der Waals surface area contributed by atoms with Crippen LogP contribution in [0.15, 0.2) is 54.6 Å². The molecule has 0 bridgehead atoms. The number of benzene rings is 2. The summed E-state index contributed by atoms with van der Waals surface area (Å²) in [6.07, 6.45) is 5.35. The van der Waals surface area contributed by atoms with Gasteiger partial charge in [0.1, 0.15) is 0 Å². The van der Waals surface area contributed by atoms with E-state index in [2.05, 4.69) is 35.1 Å². The third-order valence-corrected chi connectivity index (χ3v) is 6.60. The maximum Gasteiger partial charge on any atom is 0.223 e. The van der Waals surface area contributed by atoms with Crippen molar-refractivity contribution < 1.29 is 13.2 Å². The summed E-state index contributed by atoms with van der Waals surface area (Å²) in [5, 5.41) is 0. The zero-order valence-electron chi connectivity index (χ0n) is 16.8. The molecule has 4 rings (SSSR count). The normalized spacial score (nSPS) is 22.0. The highest BCUT2D eigenvalue weighted by atomic mass is 32.2. The molecule has 2 aliphatic rings. The predicted molar refractivity (Wildman–Crippen MR) is 115 cm³/mol. The third-order valence-electron chi connectivity index (χ3n) is 5.87. The third kappa shape index (κ3) is 5.25. The van der Waals surface area contributed by atoms with Crippen LogP contribution in [0.2, 0.25) is 0 Å². The number of carbonyl (C=O) groups excluding carboxylic acids is 1. The topological polar surface area (TPSA) is 66.5 Å². The lowest BCUT2D eigenvalue weighted by molar-refractivity contribution is -0.132. The molecule has 0 aromatic heterocycles. The van der Waals surface area contributed by atoms with Crippen LogP contribution in [0, 0.1) is 5.92 Å². The van der Waals surface area contributed by atoms with Crippen molar-refractivity contribution in [3.63, 3.8) is 0 Å². The van der Waals surface area contributed by atoms with Gasteiger partial charge in [-0.3, -0.25) is 4.79 Å². The first-order valence-corrected chi connectivity index (χ1v) is 12.2. The van der Waals surface area contributed by atoms with Gasteiger partial charge in [-0.05, 0) is 48.3 Å². The first-order chi connectivity index (χ1) is 13.9. The Hall–Kier alpha value is -2.18. The molecule has 29 heavy (non-hydrogen) atoms. The van der Waals surface area contributed by atoms with E-state index in [0.717, 1.165) is 29.5 Å². The Labute approximate surface area is 173 Å². The Morgan fingerprint density at radius 3 is 2.45 bits per heavy atom. The zero-order chi connectivity index (χ0) is 20.4. The SMILES string of the molecule is CS(=O)(=O)N[C@@H]1CCN(C(=O)CC2CC2)[C@@H]1Cc1cccc(-c2ccccc2)c1. The first kappa shape index (κ1) is 20.1. The summed E-state index contributed by atoms with van der Waals surface area (Å²) < 4.78 is 26.5. The molecule has 1 heterocycles. The molecule has 2 aromatic rings. The van der Waals surface area contributed by atoms with Gasteiger partial charge in [-0.15, -0.1) is 0 Å². The number of nitrogens with one attached hydrogen (secondary N) is 1. The lowest BCUT2D eigenvalue weighted by atomic mass is 9.97. The fourth-order valence-electron chi connectivity index (χ4n) is 4.26. The highest BCUT2D eigenvalue weighted by molar-refractivity contribution is 7.88. The van der Waals surface area contributed by atoms with Crippen molar-refractivity contribution in [1.82, 2.24) is 9.62 Å². The molecule has 1 aliphatic heterocycles. The number of likely N-dealkylation sites (tertiary alicyclic amines) is 1. The van der Waals surface area contributed by atoms with Crippen LogP contribution < -0.4 is 4.72 Å². The Kier molecular flexibility index (Phi) is 5.74. The summed E-state index contributed by atoms with van der Waals surface area (Å²) >= 11 is 0. The molecule has 1 saturated carbocycles. The number of amides is 1. The van der Waals surface area contributed by atoms with E-state index in [1.54, 1.807) is 0 Å².